The number of nitrogen functional groups attached to an aromatic ring is 1. The molecule has 0 unspecified atom stereocenters. The highest BCUT2D eigenvalue weighted by Gasteiger charge is 2.07. The van der Waals surface area contributed by atoms with E-state index in [1.165, 1.54) is 0 Å². The molecule has 0 fully saturated rings. The molecule has 2 nitrogen and oxygen atoms in total. The second-order valence-corrected chi connectivity index (χ2v) is 4.13. The molecule has 0 spiro atoms. The minimum Gasteiger partial charge on any atom is -0.493 e. The standard InChI is InChI=1S/C12H19NO/c1-8(2)7-14-12-9(3)5-6-11(13)10(12)4/h5-6,8H,7,13H2,1-4H3. The molecule has 1 aromatic rings. The maximum atomic E-state index is 5.82. The molecule has 1 aromatic carbocycles. The van der Waals surface area contributed by atoms with Crippen LogP contribution < -0.4 is 10.5 Å². The molecule has 0 aliphatic rings. The van der Waals surface area contributed by atoms with Crippen molar-refractivity contribution in [2.45, 2.75) is 27.7 Å². The molecule has 0 aliphatic carbocycles. The van der Waals surface area contributed by atoms with E-state index in [-0.39, 0.29) is 0 Å². The predicted molar refractivity (Wildman–Crippen MR) is 60.7 cm³/mol. The minimum absolute atomic E-state index is 0.537. The number of nitrogens with two attached hydrogens (primary N) is 1. The van der Waals surface area contributed by atoms with Crippen LogP contribution in [0.15, 0.2) is 12.1 Å². The van der Waals surface area contributed by atoms with Gasteiger partial charge in [-0.2, -0.15) is 0 Å². The molecular formula is C12H19NO. The van der Waals surface area contributed by atoms with Gasteiger partial charge in [0.2, 0.25) is 0 Å². The highest BCUT2D eigenvalue weighted by molar-refractivity contribution is 5.56. The van der Waals surface area contributed by atoms with Crippen molar-refractivity contribution in [3.05, 3.63) is 23.3 Å². The largest absolute Gasteiger partial charge is 0.493 e. The molecule has 1 rings (SSSR count). The van der Waals surface area contributed by atoms with E-state index >= 15 is 0 Å². The van der Waals surface area contributed by atoms with E-state index < -0.39 is 0 Å². The zero-order valence-corrected chi connectivity index (χ0v) is 9.42. The zero-order chi connectivity index (χ0) is 10.7. The van der Waals surface area contributed by atoms with Gasteiger partial charge >= 0.3 is 0 Å². The molecule has 0 heterocycles. The van der Waals surface area contributed by atoms with Crippen LogP contribution in [0.25, 0.3) is 0 Å². The summed E-state index contributed by atoms with van der Waals surface area (Å²) in [6.45, 7) is 9.05. The van der Waals surface area contributed by atoms with Crippen LogP contribution in [-0.2, 0) is 0 Å². The molecule has 0 saturated carbocycles. The molecule has 78 valence electrons. The highest BCUT2D eigenvalue weighted by Crippen LogP contribution is 2.27. The fourth-order valence-electron chi connectivity index (χ4n) is 1.31. The van der Waals surface area contributed by atoms with Crippen LogP contribution in [-0.4, -0.2) is 6.61 Å². The zero-order valence-electron chi connectivity index (χ0n) is 9.42. The van der Waals surface area contributed by atoms with Crippen LogP contribution in [0.4, 0.5) is 5.69 Å². The Hall–Kier alpha value is -1.18. The third-order valence-electron chi connectivity index (χ3n) is 2.21. The monoisotopic (exact) mass is 193 g/mol. The van der Waals surface area contributed by atoms with Gasteiger partial charge in [0.15, 0.2) is 0 Å². The number of ether oxygens (including phenoxy) is 1. The summed E-state index contributed by atoms with van der Waals surface area (Å²) in [4.78, 5) is 0. The Morgan fingerprint density at radius 1 is 1.29 bits per heavy atom. The van der Waals surface area contributed by atoms with E-state index in [4.69, 9.17) is 10.5 Å². The van der Waals surface area contributed by atoms with Gasteiger partial charge in [-0.1, -0.05) is 19.9 Å². The maximum Gasteiger partial charge on any atom is 0.127 e. The summed E-state index contributed by atoms with van der Waals surface area (Å²) in [6.07, 6.45) is 0. The van der Waals surface area contributed by atoms with Crippen molar-refractivity contribution in [3.63, 3.8) is 0 Å². The van der Waals surface area contributed by atoms with E-state index in [1.54, 1.807) is 0 Å². The summed E-state index contributed by atoms with van der Waals surface area (Å²) >= 11 is 0. The lowest BCUT2D eigenvalue weighted by Gasteiger charge is -2.14. The molecule has 0 bridgehead atoms. The summed E-state index contributed by atoms with van der Waals surface area (Å²) < 4.78 is 5.73. The molecule has 2 N–H and O–H groups in total. The Labute approximate surface area is 86.1 Å². The van der Waals surface area contributed by atoms with Crippen LogP contribution in [0.5, 0.6) is 5.75 Å². The molecule has 0 amide bonds. The molecule has 0 saturated heterocycles. The van der Waals surface area contributed by atoms with Gasteiger partial charge < -0.3 is 10.5 Å². The van der Waals surface area contributed by atoms with E-state index in [0.717, 1.165) is 29.2 Å². The number of aryl methyl sites for hydroxylation is 1. The number of hydrogen-bond acceptors (Lipinski definition) is 2. The minimum atomic E-state index is 0.537. The second kappa shape index (κ2) is 4.36. The first-order chi connectivity index (χ1) is 6.52. The van der Waals surface area contributed by atoms with Crippen LogP contribution in [0.1, 0.15) is 25.0 Å². The third kappa shape index (κ3) is 2.41. The maximum absolute atomic E-state index is 5.82. The van der Waals surface area contributed by atoms with Gasteiger partial charge in [0.05, 0.1) is 6.61 Å². The van der Waals surface area contributed by atoms with Crippen LogP contribution in [0, 0.1) is 19.8 Å². The first-order valence-corrected chi connectivity index (χ1v) is 5.01. The Morgan fingerprint density at radius 3 is 2.50 bits per heavy atom. The molecule has 0 atom stereocenters. The van der Waals surface area contributed by atoms with Crippen molar-refractivity contribution in [2.75, 3.05) is 12.3 Å². The fourth-order valence-corrected chi connectivity index (χ4v) is 1.31. The summed E-state index contributed by atoms with van der Waals surface area (Å²) in [5.74, 6) is 1.48. The lowest BCUT2D eigenvalue weighted by Crippen LogP contribution is -2.07. The SMILES string of the molecule is Cc1ccc(N)c(C)c1OCC(C)C. The van der Waals surface area contributed by atoms with Crippen molar-refractivity contribution >= 4 is 5.69 Å². The van der Waals surface area contributed by atoms with E-state index in [0.29, 0.717) is 5.92 Å². The van der Waals surface area contributed by atoms with Crippen molar-refractivity contribution in [2.24, 2.45) is 5.92 Å². The summed E-state index contributed by atoms with van der Waals surface area (Å²) in [7, 11) is 0. The van der Waals surface area contributed by atoms with Crippen LogP contribution in [0.2, 0.25) is 0 Å². The first kappa shape index (κ1) is 10.9. The van der Waals surface area contributed by atoms with Crippen molar-refractivity contribution in [3.8, 4) is 5.75 Å². The Bertz CT molecular complexity index is 318. The predicted octanol–water partition coefficient (Wildman–Crippen LogP) is 2.92. The third-order valence-corrected chi connectivity index (χ3v) is 2.21. The molecule has 2 heteroatoms. The fraction of sp³-hybridized carbons (Fsp3) is 0.500. The second-order valence-electron chi connectivity index (χ2n) is 4.13. The van der Waals surface area contributed by atoms with Gasteiger partial charge in [0.1, 0.15) is 5.75 Å². The van der Waals surface area contributed by atoms with Gasteiger partial charge in [-0.05, 0) is 31.4 Å². The molecular weight excluding hydrogens is 174 g/mol. The van der Waals surface area contributed by atoms with Crippen molar-refractivity contribution in [1.82, 2.24) is 0 Å². The van der Waals surface area contributed by atoms with E-state index in [1.807, 2.05) is 26.0 Å². The smallest absolute Gasteiger partial charge is 0.127 e. The number of anilines is 1. The topological polar surface area (TPSA) is 35.2 Å². The summed E-state index contributed by atoms with van der Waals surface area (Å²) in [5, 5.41) is 0. The molecule has 0 aromatic heterocycles. The average Bonchev–Trinajstić information content (AvgIpc) is 2.11. The summed E-state index contributed by atoms with van der Waals surface area (Å²) in [6, 6.07) is 3.92. The highest BCUT2D eigenvalue weighted by atomic mass is 16.5. The van der Waals surface area contributed by atoms with E-state index in [9.17, 15) is 0 Å². The van der Waals surface area contributed by atoms with Crippen LogP contribution in [0.3, 0.4) is 0 Å². The Balaban J connectivity index is 2.89. The molecule has 0 aliphatic heterocycles. The summed E-state index contributed by atoms with van der Waals surface area (Å²) in [5.41, 5.74) is 8.81. The first-order valence-electron chi connectivity index (χ1n) is 5.01. The number of benzene rings is 1. The van der Waals surface area contributed by atoms with Crippen molar-refractivity contribution < 1.29 is 4.74 Å². The lowest BCUT2D eigenvalue weighted by atomic mass is 10.1. The number of hydrogen-bond donors (Lipinski definition) is 1. The van der Waals surface area contributed by atoms with E-state index in [2.05, 4.69) is 13.8 Å². The normalized spacial score (nSPS) is 10.6. The Morgan fingerprint density at radius 2 is 1.93 bits per heavy atom. The average molecular weight is 193 g/mol. The van der Waals surface area contributed by atoms with Crippen molar-refractivity contribution in [1.29, 1.82) is 0 Å². The number of rotatable bonds is 3. The van der Waals surface area contributed by atoms with Gasteiger partial charge in [0.25, 0.3) is 0 Å². The van der Waals surface area contributed by atoms with Gasteiger partial charge in [-0.15, -0.1) is 0 Å². The molecule has 0 radical (unpaired) electrons. The van der Waals surface area contributed by atoms with Crippen LogP contribution >= 0.6 is 0 Å². The quantitative estimate of drug-likeness (QED) is 0.749. The van der Waals surface area contributed by atoms with Gasteiger partial charge in [-0.3, -0.25) is 0 Å². The molecule has 14 heavy (non-hydrogen) atoms. The Kier molecular flexibility index (Phi) is 3.39. The van der Waals surface area contributed by atoms with Gasteiger partial charge in [-0.25, -0.2) is 0 Å². The lowest BCUT2D eigenvalue weighted by molar-refractivity contribution is 0.268. The van der Waals surface area contributed by atoms with Gasteiger partial charge in [0, 0.05) is 11.3 Å².